The standard InChI is InChI=1S/C11H22N2O3/c1-3-16-11(14)13(8-9-15-2)10-4-6-12-7-5-10/h10,12H,3-9H2,1-2H3. The molecule has 1 fully saturated rings. The van der Waals surface area contributed by atoms with Gasteiger partial charge in [-0.3, -0.25) is 0 Å². The first kappa shape index (κ1) is 13.3. The molecular formula is C11H22N2O3. The minimum absolute atomic E-state index is 0.216. The van der Waals surface area contributed by atoms with Gasteiger partial charge in [0.05, 0.1) is 13.2 Å². The third-order valence-electron chi connectivity index (χ3n) is 2.79. The van der Waals surface area contributed by atoms with Gasteiger partial charge in [0.15, 0.2) is 0 Å². The normalized spacial score (nSPS) is 17.1. The molecule has 0 atom stereocenters. The van der Waals surface area contributed by atoms with Crippen LogP contribution in [0.25, 0.3) is 0 Å². The fourth-order valence-electron chi connectivity index (χ4n) is 1.94. The van der Waals surface area contributed by atoms with Crippen molar-refractivity contribution in [2.45, 2.75) is 25.8 Å². The van der Waals surface area contributed by atoms with Crippen molar-refractivity contribution in [3.8, 4) is 0 Å². The van der Waals surface area contributed by atoms with E-state index in [1.54, 1.807) is 12.0 Å². The van der Waals surface area contributed by atoms with Crippen LogP contribution in [0, 0.1) is 0 Å². The number of hydrogen-bond donors (Lipinski definition) is 1. The van der Waals surface area contributed by atoms with Crippen LogP contribution in [0.2, 0.25) is 0 Å². The van der Waals surface area contributed by atoms with Gasteiger partial charge in [0.2, 0.25) is 0 Å². The molecule has 0 unspecified atom stereocenters. The number of amides is 1. The second kappa shape index (κ2) is 7.46. The minimum atomic E-state index is -0.216. The van der Waals surface area contributed by atoms with E-state index in [0.717, 1.165) is 25.9 Å². The molecule has 94 valence electrons. The summed E-state index contributed by atoms with van der Waals surface area (Å²) < 4.78 is 10.1. The quantitative estimate of drug-likeness (QED) is 0.760. The van der Waals surface area contributed by atoms with Gasteiger partial charge in [-0.25, -0.2) is 4.79 Å². The number of hydrogen-bond acceptors (Lipinski definition) is 4. The molecule has 0 aliphatic carbocycles. The van der Waals surface area contributed by atoms with E-state index >= 15 is 0 Å². The molecule has 1 N–H and O–H groups in total. The smallest absolute Gasteiger partial charge is 0.410 e. The van der Waals surface area contributed by atoms with Crippen LogP contribution in [0.1, 0.15) is 19.8 Å². The summed E-state index contributed by atoms with van der Waals surface area (Å²) in [5.74, 6) is 0. The molecule has 1 rings (SSSR count). The molecule has 16 heavy (non-hydrogen) atoms. The van der Waals surface area contributed by atoms with E-state index in [1.165, 1.54) is 0 Å². The van der Waals surface area contributed by atoms with Gasteiger partial charge < -0.3 is 19.7 Å². The Bertz CT molecular complexity index is 205. The summed E-state index contributed by atoms with van der Waals surface area (Å²) in [5.41, 5.74) is 0. The Hall–Kier alpha value is -0.810. The van der Waals surface area contributed by atoms with Gasteiger partial charge >= 0.3 is 6.09 Å². The van der Waals surface area contributed by atoms with Crippen LogP contribution >= 0.6 is 0 Å². The van der Waals surface area contributed by atoms with Crippen molar-refractivity contribution < 1.29 is 14.3 Å². The average molecular weight is 230 g/mol. The number of nitrogens with zero attached hydrogens (tertiary/aromatic N) is 1. The van der Waals surface area contributed by atoms with Gasteiger partial charge in [-0.05, 0) is 32.9 Å². The lowest BCUT2D eigenvalue weighted by molar-refractivity contribution is 0.0660. The van der Waals surface area contributed by atoms with E-state index in [9.17, 15) is 4.79 Å². The first-order chi connectivity index (χ1) is 7.79. The van der Waals surface area contributed by atoms with Crippen molar-refractivity contribution >= 4 is 6.09 Å². The summed E-state index contributed by atoms with van der Waals surface area (Å²) in [6, 6.07) is 0.287. The molecule has 1 amide bonds. The van der Waals surface area contributed by atoms with Crippen LogP contribution in [0.5, 0.6) is 0 Å². The molecule has 0 aromatic heterocycles. The van der Waals surface area contributed by atoms with Crippen LogP contribution in [0.3, 0.4) is 0 Å². The number of carbonyl (C=O) groups is 1. The molecule has 1 aliphatic heterocycles. The fourth-order valence-corrected chi connectivity index (χ4v) is 1.94. The van der Waals surface area contributed by atoms with Crippen LogP contribution in [-0.4, -0.2) is 57.0 Å². The lowest BCUT2D eigenvalue weighted by atomic mass is 10.1. The molecule has 0 spiro atoms. The van der Waals surface area contributed by atoms with Crippen molar-refractivity contribution in [3.05, 3.63) is 0 Å². The largest absolute Gasteiger partial charge is 0.450 e. The second-order valence-corrected chi connectivity index (χ2v) is 3.87. The van der Waals surface area contributed by atoms with Crippen molar-refractivity contribution in [2.75, 3.05) is 40.0 Å². The third-order valence-corrected chi connectivity index (χ3v) is 2.79. The van der Waals surface area contributed by atoms with E-state index < -0.39 is 0 Å². The number of rotatable bonds is 5. The Morgan fingerprint density at radius 3 is 2.69 bits per heavy atom. The highest BCUT2D eigenvalue weighted by molar-refractivity contribution is 5.68. The molecule has 0 saturated carbocycles. The second-order valence-electron chi connectivity index (χ2n) is 3.87. The zero-order valence-electron chi connectivity index (χ0n) is 10.2. The van der Waals surface area contributed by atoms with Crippen LogP contribution in [0.4, 0.5) is 4.79 Å². The summed E-state index contributed by atoms with van der Waals surface area (Å²) in [6.45, 7) is 5.35. The van der Waals surface area contributed by atoms with Crippen LogP contribution in [0.15, 0.2) is 0 Å². The topological polar surface area (TPSA) is 50.8 Å². The van der Waals surface area contributed by atoms with Gasteiger partial charge in [-0.2, -0.15) is 0 Å². The van der Waals surface area contributed by atoms with Crippen molar-refractivity contribution in [2.24, 2.45) is 0 Å². The maximum absolute atomic E-state index is 11.8. The first-order valence-electron chi connectivity index (χ1n) is 5.92. The summed E-state index contributed by atoms with van der Waals surface area (Å²) in [6.07, 6.45) is 1.76. The van der Waals surface area contributed by atoms with E-state index in [4.69, 9.17) is 9.47 Å². The van der Waals surface area contributed by atoms with Gasteiger partial charge in [0, 0.05) is 19.7 Å². The van der Waals surface area contributed by atoms with Crippen LogP contribution < -0.4 is 5.32 Å². The predicted octanol–water partition coefficient (Wildman–Crippen LogP) is 0.843. The van der Waals surface area contributed by atoms with E-state index in [2.05, 4.69) is 5.32 Å². The van der Waals surface area contributed by atoms with Gasteiger partial charge in [-0.15, -0.1) is 0 Å². The monoisotopic (exact) mass is 230 g/mol. The molecule has 1 heterocycles. The molecule has 1 aliphatic rings. The van der Waals surface area contributed by atoms with Gasteiger partial charge in [0.25, 0.3) is 0 Å². The Morgan fingerprint density at radius 1 is 1.44 bits per heavy atom. The lowest BCUT2D eigenvalue weighted by Gasteiger charge is -2.33. The Kier molecular flexibility index (Phi) is 6.18. The first-order valence-corrected chi connectivity index (χ1v) is 5.92. The molecule has 5 heteroatoms. The molecule has 0 aromatic carbocycles. The summed E-state index contributed by atoms with van der Waals surface area (Å²) >= 11 is 0. The number of methoxy groups -OCH3 is 1. The number of ether oxygens (including phenoxy) is 2. The summed E-state index contributed by atoms with van der Waals surface area (Å²) in [4.78, 5) is 13.6. The molecule has 0 aromatic rings. The van der Waals surface area contributed by atoms with Gasteiger partial charge in [0.1, 0.15) is 0 Å². The van der Waals surface area contributed by atoms with Crippen LogP contribution in [-0.2, 0) is 9.47 Å². The maximum Gasteiger partial charge on any atom is 0.410 e. The Labute approximate surface area is 97.1 Å². The minimum Gasteiger partial charge on any atom is -0.450 e. The third kappa shape index (κ3) is 3.98. The highest BCUT2D eigenvalue weighted by Crippen LogP contribution is 2.13. The zero-order chi connectivity index (χ0) is 11.8. The fraction of sp³-hybridized carbons (Fsp3) is 0.909. The SMILES string of the molecule is CCOC(=O)N(CCOC)C1CCNCC1. The van der Waals surface area contributed by atoms with E-state index in [-0.39, 0.29) is 12.1 Å². The number of piperidine rings is 1. The van der Waals surface area contributed by atoms with Crippen molar-refractivity contribution in [3.63, 3.8) is 0 Å². The average Bonchev–Trinajstić information content (AvgIpc) is 2.31. The highest BCUT2D eigenvalue weighted by Gasteiger charge is 2.25. The van der Waals surface area contributed by atoms with Crippen molar-refractivity contribution in [1.82, 2.24) is 10.2 Å². The molecular weight excluding hydrogens is 208 g/mol. The molecule has 0 radical (unpaired) electrons. The molecule has 0 bridgehead atoms. The Balaban J connectivity index is 2.50. The van der Waals surface area contributed by atoms with Gasteiger partial charge in [-0.1, -0.05) is 0 Å². The predicted molar refractivity (Wildman–Crippen MR) is 61.5 cm³/mol. The van der Waals surface area contributed by atoms with E-state index in [1.807, 2.05) is 6.92 Å². The Morgan fingerprint density at radius 2 is 2.12 bits per heavy atom. The highest BCUT2D eigenvalue weighted by atomic mass is 16.6. The maximum atomic E-state index is 11.8. The number of nitrogens with one attached hydrogen (secondary N) is 1. The number of carbonyl (C=O) groups excluding carboxylic acids is 1. The van der Waals surface area contributed by atoms with E-state index in [0.29, 0.717) is 19.8 Å². The summed E-state index contributed by atoms with van der Waals surface area (Å²) in [7, 11) is 1.64. The molecule has 1 saturated heterocycles. The molecule has 5 nitrogen and oxygen atoms in total. The zero-order valence-corrected chi connectivity index (χ0v) is 10.2. The van der Waals surface area contributed by atoms with Crippen molar-refractivity contribution in [1.29, 1.82) is 0 Å². The lowest BCUT2D eigenvalue weighted by Crippen LogP contribution is -2.47. The summed E-state index contributed by atoms with van der Waals surface area (Å²) in [5, 5.41) is 3.29.